The third-order valence-corrected chi connectivity index (χ3v) is 4.19. The van der Waals surface area contributed by atoms with E-state index < -0.39 is 5.41 Å². The highest BCUT2D eigenvalue weighted by molar-refractivity contribution is 5.77. The minimum Gasteiger partial charge on any atom is -0.435 e. The second kappa shape index (κ2) is 5.38. The smallest absolute Gasteiger partial charge is 0.314 e. The van der Waals surface area contributed by atoms with Crippen LogP contribution >= 0.6 is 0 Å². The maximum absolute atomic E-state index is 12.3. The lowest BCUT2D eigenvalue weighted by molar-refractivity contribution is -0.202. The molecule has 100 valence electrons. The van der Waals surface area contributed by atoms with Gasteiger partial charge in [-0.2, -0.15) is 0 Å². The zero-order valence-electron chi connectivity index (χ0n) is 11.8. The Bertz CT molecular complexity index is 261. The first-order chi connectivity index (χ1) is 7.81. The number of ether oxygens (including phenoxy) is 2. The number of esters is 1. The van der Waals surface area contributed by atoms with Gasteiger partial charge in [0.1, 0.15) is 0 Å². The van der Waals surface area contributed by atoms with Crippen LogP contribution in [0.1, 0.15) is 60.3 Å². The van der Waals surface area contributed by atoms with Crippen molar-refractivity contribution in [3.63, 3.8) is 0 Å². The van der Waals surface area contributed by atoms with Crippen molar-refractivity contribution in [2.24, 2.45) is 10.8 Å². The van der Waals surface area contributed by atoms with Crippen molar-refractivity contribution < 1.29 is 14.3 Å². The zero-order chi connectivity index (χ0) is 13.1. The van der Waals surface area contributed by atoms with E-state index in [1.807, 2.05) is 13.8 Å². The topological polar surface area (TPSA) is 35.5 Å². The third kappa shape index (κ3) is 3.21. The highest BCUT2D eigenvalue weighted by atomic mass is 16.7. The molecular weight excluding hydrogens is 216 g/mol. The number of hydrogen-bond acceptors (Lipinski definition) is 3. The first-order valence-electron chi connectivity index (χ1n) is 6.64. The van der Waals surface area contributed by atoms with Gasteiger partial charge in [-0.3, -0.25) is 4.79 Å². The number of carbonyl (C=O) groups excluding carboxylic acids is 1. The fourth-order valence-corrected chi connectivity index (χ4v) is 2.03. The summed E-state index contributed by atoms with van der Waals surface area (Å²) in [6.07, 6.45) is 3.43. The van der Waals surface area contributed by atoms with Gasteiger partial charge in [0.05, 0.1) is 12.0 Å². The van der Waals surface area contributed by atoms with E-state index in [-0.39, 0.29) is 17.7 Å². The second-order valence-corrected chi connectivity index (χ2v) is 6.14. The van der Waals surface area contributed by atoms with E-state index in [0.717, 1.165) is 25.7 Å². The minimum absolute atomic E-state index is 0.104. The molecule has 1 saturated heterocycles. The highest BCUT2D eigenvalue weighted by Gasteiger charge is 2.45. The van der Waals surface area contributed by atoms with Crippen molar-refractivity contribution in [2.45, 2.75) is 66.6 Å². The molecule has 0 saturated carbocycles. The van der Waals surface area contributed by atoms with Gasteiger partial charge in [-0.05, 0) is 31.6 Å². The van der Waals surface area contributed by atoms with Crippen molar-refractivity contribution >= 4 is 5.97 Å². The lowest BCUT2D eigenvalue weighted by Gasteiger charge is -2.40. The predicted octanol–water partition coefficient (Wildman–Crippen LogP) is 3.52. The molecular formula is C14H26O3. The van der Waals surface area contributed by atoms with Gasteiger partial charge in [0, 0.05) is 6.42 Å². The molecule has 0 aromatic carbocycles. The summed E-state index contributed by atoms with van der Waals surface area (Å²) in [6.45, 7) is 11.0. The van der Waals surface area contributed by atoms with Crippen LogP contribution in [0.4, 0.5) is 0 Å². The molecule has 1 aliphatic rings. The normalized spacial score (nSPS) is 25.1. The number of hydrogen-bond donors (Lipinski definition) is 0. The van der Waals surface area contributed by atoms with Gasteiger partial charge in [0.15, 0.2) is 0 Å². The average Bonchev–Trinajstić information content (AvgIpc) is 2.27. The molecule has 0 spiro atoms. The fourth-order valence-electron chi connectivity index (χ4n) is 2.03. The quantitative estimate of drug-likeness (QED) is 0.710. The summed E-state index contributed by atoms with van der Waals surface area (Å²) in [5, 5.41) is 0. The van der Waals surface area contributed by atoms with Crippen LogP contribution in [0.3, 0.4) is 0 Å². The molecule has 1 aliphatic heterocycles. The Hall–Kier alpha value is -0.570. The van der Waals surface area contributed by atoms with Crippen LogP contribution in [0.25, 0.3) is 0 Å². The first kappa shape index (κ1) is 14.5. The van der Waals surface area contributed by atoms with Crippen molar-refractivity contribution in [2.75, 3.05) is 6.61 Å². The SMILES string of the molecule is CCC(C)(C(=O)OC1CCCCO1)C(C)(C)C. The Kier molecular flexibility index (Phi) is 4.59. The van der Waals surface area contributed by atoms with Crippen molar-refractivity contribution in [1.29, 1.82) is 0 Å². The maximum Gasteiger partial charge on any atom is 0.314 e. The predicted molar refractivity (Wildman–Crippen MR) is 67.5 cm³/mol. The first-order valence-corrected chi connectivity index (χ1v) is 6.64. The van der Waals surface area contributed by atoms with Crippen molar-refractivity contribution in [1.82, 2.24) is 0 Å². The van der Waals surface area contributed by atoms with Gasteiger partial charge in [0.25, 0.3) is 0 Å². The van der Waals surface area contributed by atoms with Crippen LogP contribution in [0, 0.1) is 10.8 Å². The lowest BCUT2D eigenvalue weighted by Crippen LogP contribution is -2.43. The molecule has 0 radical (unpaired) electrons. The molecule has 1 rings (SSSR count). The van der Waals surface area contributed by atoms with E-state index in [2.05, 4.69) is 20.8 Å². The van der Waals surface area contributed by atoms with Crippen LogP contribution in [0.5, 0.6) is 0 Å². The van der Waals surface area contributed by atoms with E-state index in [4.69, 9.17) is 9.47 Å². The molecule has 0 N–H and O–H groups in total. The van der Waals surface area contributed by atoms with Gasteiger partial charge < -0.3 is 9.47 Å². The molecule has 2 atom stereocenters. The van der Waals surface area contributed by atoms with Crippen LogP contribution in [0.2, 0.25) is 0 Å². The maximum atomic E-state index is 12.3. The molecule has 1 heterocycles. The summed E-state index contributed by atoms with van der Waals surface area (Å²) >= 11 is 0. The second-order valence-electron chi connectivity index (χ2n) is 6.14. The van der Waals surface area contributed by atoms with E-state index in [1.54, 1.807) is 0 Å². The zero-order valence-corrected chi connectivity index (χ0v) is 11.8. The molecule has 0 aliphatic carbocycles. The number of carbonyl (C=O) groups is 1. The molecule has 1 fully saturated rings. The van der Waals surface area contributed by atoms with Crippen LogP contribution in [-0.2, 0) is 14.3 Å². The van der Waals surface area contributed by atoms with Crippen molar-refractivity contribution in [3.8, 4) is 0 Å². The highest BCUT2D eigenvalue weighted by Crippen LogP contribution is 2.42. The molecule has 3 nitrogen and oxygen atoms in total. The molecule has 2 unspecified atom stereocenters. The van der Waals surface area contributed by atoms with Crippen LogP contribution < -0.4 is 0 Å². The molecule has 0 amide bonds. The van der Waals surface area contributed by atoms with Gasteiger partial charge in [0.2, 0.25) is 6.29 Å². The van der Waals surface area contributed by atoms with E-state index >= 15 is 0 Å². The molecule has 3 heteroatoms. The standard InChI is InChI=1S/C14H26O3/c1-6-14(5,13(2,3)4)12(15)17-11-9-7-8-10-16-11/h11H,6-10H2,1-5H3. The van der Waals surface area contributed by atoms with E-state index in [0.29, 0.717) is 6.61 Å². The summed E-state index contributed by atoms with van der Waals surface area (Å²) in [5.41, 5.74) is -0.554. The van der Waals surface area contributed by atoms with E-state index in [9.17, 15) is 4.79 Å². The Morgan fingerprint density at radius 2 is 1.94 bits per heavy atom. The van der Waals surface area contributed by atoms with E-state index in [1.165, 1.54) is 0 Å². The van der Waals surface area contributed by atoms with Crippen LogP contribution in [0.15, 0.2) is 0 Å². The Morgan fingerprint density at radius 3 is 2.35 bits per heavy atom. The summed E-state index contributed by atoms with van der Waals surface area (Å²) in [7, 11) is 0. The lowest BCUT2D eigenvalue weighted by atomic mass is 9.66. The minimum atomic E-state index is -0.451. The average molecular weight is 242 g/mol. The van der Waals surface area contributed by atoms with Gasteiger partial charge in [-0.15, -0.1) is 0 Å². The molecule has 0 aromatic heterocycles. The Labute approximate surface area is 105 Å². The monoisotopic (exact) mass is 242 g/mol. The third-order valence-electron chi connectivity index (χ3n) is 4.19. The Morgan fingerprint density at radius 1 is 1.29 bits per heavy atom. The van der Waals surface area contributed by atoms with Gasteiger partial charge >= 0.3 is 5.97 Å². The number of rotatable bonds is 3. The molecule has 17 heavy (non-hydrogen) atoms. The summed E-state index contributed by atoms with van der Waals surface area (Å²) in [4.78, 5) is 12.3. The van der Waals surface area contributed by atoms with Crippen LogP contribution in [-0.4, -0.2) is 18.9 Å². The van der Waals surface area contributed by atoms with Gasteiger partial charge in [-0.1, -0.05) is 27.7 Å². The molecule has 0 bridgehead atoms. The summed E-state index contributed by atoms with van der Waals surface area (Å²) < 4.78 is 11.0. The van der Waals surface area contributed by atoms with Crippen molar-refractivity contribution in [3.05, 3.63) is 0 Å². The van der Waals surface area contributed by atoms with Gasteiger partial charge in [-0.25, -0.2) is 0 Å². The molecule has 0 aromatic rings. The summed E-state index contributed by atoms with van der Waals surface area (Å²) in [5.74, 6) is -0.126. The summed E-state index contributed by atoms with van der Waals surface area (Å²) in [6, 6.07) is 0. The fraction of sp³-hybridized carbons (Fsp3) is 0.929. The largest absolute Gasteiger partial charge is 0.435 e. The Balaban J connectivity index is 2.66.